The molecule has 200 valence electrons. The largest absolute Gasteiger partial charge is 0.324 e. The first kappa shape index (κ1) is 26.5. The number of amides is 8. The van der Waals surface area contributed by atoms with E-state index < -0.39 is 130 Å². The molecule has 4 saturated heterocycles. The lowest BCUT2D eigenvalue weighted by atomic mass is 10.4. The van der Waals surface area contributed by atoms with Gasteiger partial charge in [-0.25, -0.2) is 19.6 Å². The molecule has 4 fully saturated rings. The van der Waals surface area contributed by atoms with Crippen molar-refractivity contribution >= 4 is 67.5 Å². The van der Waals surface area contributed by atoms with Gasteiger partial charge in [0.25, 0.3) is 11.0 Å². The van der Waals surface area contributed by atoms with Gasteiger partial charge in [0.15, 0.2) is 0 Å². The van der Waals surface area contributed by atoms with E-state index in [1.165, 1.54) is 0 Å². The molecular formula is C18H18N4O13S2. The Balaban J connectivity index is 1.81. The lowest BCUT2D eigenvalue weighted by molar-refractivity contribution is -0.152. The Kier molecular flexibility index (Phi) is 6.49. The molecule has 0 atom stereocenters. The van der Waals surface area contributed by atoms with E-state index in [0.717, 1.165) is 0 Å². The molecule has 4 aliphatic heterocycles. The molecule has 8 amide bonds. The molecule has 0 aliphatic carbocycles. The van der Waals surface area contributed by atoms with Crippen molar-refractivity contribution in [2.24, 2.45) is 0 Å². The van der Waals surface area contributed by atoms with Crippen LogP contribution >= 0.6 is 0 Å². The van der Waals surface area contributed by atoms with Crippen LogP contribution in [0, 0.1) is 0 Å². The Morgan fingerprint density at radius 2 is 0.568 bits per heavy atom. The molecule has 4 aliphatic rings. The number of imide groups is 4. The van der Waals surface area contributed by atoms with Gasteiger partial charge in [-0.15, -0.1) is 3.63 Å². The third kappa shape index (κ3) is 4.42. The van der Waals surface area contributed by atoms with Crippen molar-refractivity contribution in [2.45, 2.75) is 62.4 Å². The third-order valence-corrected chi connectivity index (χ3v) is 9.34. The van der Waals surface area contributed by atoms with E-state index in [-0.39, 0.29) is 19.6 Å². The van der Waals surface area contributed by atoms with Crippen LogP contribution in [0.4, 0.5) is 0 Å². The van der Waals surface area contributed by atoms with Gasteiger partial charge in [-0.3, -0.25) is 38.4 Å². The Bertz CT molecular complexity index is 1150. The van der Waals surface area contributed by atoms with Crippen molar-refractivity contribution in [3.63, 3.8) is 0 Å². The first-order valence-corrected chi connectivity index (χ1v) is 13.7. The van der Waals surface area contributed by atoms with Crippen molar-refractivity contribution in [1.82, 2.24) is 19.6 Å². The molecule has 0 spiro atoms. The van der Waals surface area contributed by atoms with E-state index in [1.54, 1.807) is 0 Å². The van der Waals surface area contributed by atoms with Crippen LogP contribution in [0.15, 0.2) is 0 Å². The van der Waals surface area contributed by atoms with Gasteiger partial charge in [-0.2, -0.15) is 16.8 Å². The fourth-order valence-electron chi connectivity index (χ4n) is 4.31. The average Bonchev–Trinajstić information content (AvgIpc) is 3.50. The zero-order valence-electron chi connectivity index (χ0n) is 18.7. The molecule has 4 heterocycles. The highest BCUT2D eigenvalue weighted by atomic mass is 32.3. The fraction of sp³-hybridized carbons (Fsp3) is 0.556. The van der Waals surface area contributed by atoms with Gasteiger partial charge in [0.1, 0.15) is 0 Å². The number of hydrogen-bond acceptors (Lipinski definition) is 13. The summed E-state index contributed by atoms with van der Waals surface area (Å²) in [5.74, 6) is -9.23. The Labute approximate surface area is 208 Å². The summed E-state index contributed by atoms with van der Waals surface area (Å²) in [6.07, 6.45) is -4.08. The van der Waals surface area contributed by atoms with E-state index >= 15 is 0 Å². The molecule has 17 nitrogen and oxygen atoms in total. The molecule has 0 aromatic rings. The van der Waals surface area contributed by atoms with Crippen LogP contribution in [0.5, 0.6) is 0 Å². The number of hydrogen-bond donors (Lipinski definition) is 0. The third-order valence-electron chi connectivity index (χ3n) is 5.95. The van der Waals surface area contributed by atoms with Crippen LogP contribution in [0.25, 0.3) is 0 Å². The first-order valence-electron chi connectivity index (χ1n) is 10.8. The van der Waals surface area contributed by atoms with Gasteiger partial charge in [0, 0.05) is 51.4 Å². The summed E-state index contributed by atoms with van der Waals surface area (Å²) in [6.45, 7) is 0. The summed E-state index contributed by atoms with van der Waals surface area (Å²) < 4.78 is 57.5. The Morgan fingerprint density at radius 1 is 0.405 bits per heavy atom. The van der Waals surface area contributed by atoms with E-state index in [1.807, 2.05) is 0 Å². The normalized spacial score (nSPS) is 21.9. The minimum atomic E-state index is -5.87. The number of rotatable bonds is 8. The summed E-state index contributed by atoms with van der Waals surface area (Å²) in [5.41, 5.74) is -5.72. The monoisotopic (exact) mass is 562 g/mol. The second-order valence-electron chi connectivity index (χ2n) is 8.34. The van der Waals surface area contributed by atoms with E-state index in [0.29, 0.717) is 0 Å². The Hall–Kier alpha value is -3.58. The van der Waals surface area contributed by atoms with Crippen LogP contribution in [0.3, 0.4) is 0 Å². The standard InChI is InChI=1S/C18H18N4O13S2/c23-9-1-2-10(24)19(9)17(20-11(25)3-4-12(20)26)36(31,32)35-37(33,34)18(21-13(27)5-6-14(21)28)22-15(29)7-8-16(22)30/h17-18H,1-8H2. The predicted molar refractivity (Wildman–Crippen MR) is 111 cm³/mol. The maximum atomic E-state index is 13.3. The van der Waals surface area contributed by atoms with Gasteiger partial charge in [-0.05, 0) is 0 Å². The number of nitrogens with zero attached hydrogens (tertiary/aromatic N) is 4. The molecule has 0 N–H and O–H groups in total. The Morgan fingerprint density at radius 3 is 0.730 bits per heavy atom. The van der Waals surface area contributed by atoms with Crippen molar-refractivity contribution < 1.29 is 58.8 Å². The molecule has 37 heavy (non-hydrogen) atoms. The van der Waals surface area contributed by atoms with Crippen molar-refractivity contribution in [3.05, 3.63) is 0 Å². The van der Waals surface area contributed by atoms with Crippen molar-refractivity contribution in [3.8, 4) is 0 Å². The van der Waals surface area contributed by atoms with E-state index in [4.69, 9.17) is 0 Å². The fourth-order valence-corrected chi connectivity index (χ4v) is 7.90. The average molecular weight is 562 g/mol. The molecule has 4 rings (SSSR count). The molecule has 19 heteroatoms. The van der Waals surface area contributed by atoms with Crippen LogP contribution in [-0.4, -0.2) is 94.7 Å². The van der Waals surface area contributed by atoms with E-state index in [2.05, 4.69) is 3.63 Å². The van der Waals surface area contributed by atoms with Gasteiger partial charge in [-0.1, -0.05) is 0 Å². The van der Waals surface area contributed by atoms with Gasteiger partial charge in [0.05, 0.1) is 0 Å². The molecule has 0 saturated carbocycles. The minimum Gasteiger partial charge on any atom is -0.274 e. The summed E-state index contributed by atoms with van der Waals surface area (Å²) in [6, 6.07) is 0. The van der Waals surface area contributed by atoms with Gasteiger partial charge in [0.2, 0.25) is 47.3 Å². The van der Waals surface area contributed by atoms with Crippen LogP contribution in [0.1, 0.15) is 51.4 Å². The topological polar surface area (TPSA) is 227 Å². The highest BCUT2D eigenvalue weighted by Crippen LogP contribution is 2.32. The minimum absolute atomic E-state index is 0.000694. The highest BCUT2D eigenvalue weighted by Gasteiger charge is 2.57. The second-order valence-corrected chi connectivity index (χ2v) is 11.7. The number of carbonyl (C=O) groups is 8. The highest BCUT2D eigenvalue weighted by molar-refractivity contribution is 8.00. The van der Waals surface area contributed by atoms with Crippen molar-refractivity contribution in [1.29, 1.82) is 0 Å². The molecule has 0 radical (unpaired) electrons. The lowest BCUT2D eigenvalue weighted by Gasteiger charge is -2.33. The molecule has 0 aromatic heterocycles. The molecule has 0 bridgehead atoms. The van der Waals surface area contributed by atoms with E-state index in [9.17, 15) is 55.2 Å². The number of carbonyl (C=O) groups excluding carboxylic acids is 8. The molecule has 0 unspecified atom stereocenters. The summed E-state index contributed by atoms with van der Waals surface area (Å²) in [5, 5.41) is 0. The number of likely N-dealkylation sites (tertiary alicyclic amines) is 4. The SMILES string of the molecule is O=C1CCC(=O)N1C(N1C(=O)CCC1=O)S(=O)(=O)OS(=O)(=O)C(N1C(=O)CCC1=O)N1C(=O)CCC1=O. The predicted octanol–water partition coefficient (Wildman–Crippen LogP) is -3.17. The van der Waals surface area contributed by atoms with Gasteiger partial charge < -0.3 is 0 Å². The second kappa shape index (κ2) is 9.06. The smallest absolute Gasteiger partial charge is 0.274 e. The lowest BCUT2D eigenvalue weighted by Crippen LogP contribution is -2.60. The zero-order valence-corrected chi connectivity index (χ0v) is 20.4. The summed E-state index contributed by atoms with van der Waals surface area (Å²) >= 11 is 0. The summed E-state index contributed by atoms with van der Waals surface area (Å²) in [7, 11) is -11.7. The first-order chi connectivity index (χ1) is 17.2. The van der Waals surface area contributed by atoms with Crippen LogP contribution in [0.2, 0.25) is 0 Å². The van der Waals surface area contributed by atoms with Crippen LogP contribution < -0.4 is 0 Å². The van der Waals surface area contributed by atoms with Crippen LogP contribution in [-0.2, 0) is 62.2 Å². The van der Waals surface area contributed by atoms with Gasteiger partial charge >= 0.3 is 20.2 Å². The molecule has 0 aromatic carbocycles. The maximum absolute atomic E-state index is 13.3. The summed E-state index contributed by atoms with van der Waals surface area (Å²) in [4.78, 5) is 98.6. The molecular weight excluding hydrogens is 544 g/mol. The van der Waals surface area contributed by atoms with Crippen molar-refractivity contribution in [2.75, 3.05) is 0 Å². The quantitative estimate of drug-likeness (QED) is 0.266. The zero-order chi connectivity index (χ0) is 27.4. The maximum Gasteiger partial charge on any atom is 0.324 e.